The number of hydrazone groups is 1. The predicted octanol–water partition coefficient (Wildman–Crippen LogP) is 2.80. The zero-order valence-corrected chi connectivity index (χ0v) is 16.0. The van der Waals surface area contributed by atoms with Crippen molar-refractivity contribution in [3.05, 3.63) is 56.8 Å². The molecule has 0 unspecified atom stereocenters. The Labute approximate surface area is 173 Å². The summed E-state index contributed by atoms with van der Waals surface area (Å²) in [6.07, 6.45) is 0. The highest BCUT2D eigenvalue weighted by molar-refractivity contribution is 6.45. The second kappa shape index (κ2) is 7.43. The normalized spacial score (nSPS) is 13.6. The van der Waals surface area contributed by atoms with Crippen LogP contribution in [-0.4, -0.2) is 28.5 Å². The van der Waals surface area contributed by atoms with Gasteiger partial charge < -0.3 is 10.1 Å². The molecule has 0 atom stereocenters. The number of H-pyrrole nitrogens is 1. The molecule has 1 aromatic heterocycles. The minimum Gasteiger partial charge on any atom is -0.434 e. The summed E-state index contributed by atoms with van der Waals surface area (Å²) in [6, 6.07) is 11.6. The number of benzene rings is 2. The van der Waals surface area contributed by atoms with Gasteiger partial charge in [-0.3, -0.25) is 9.59 Å². The minimum absolute atomic E-state index is 0.0446. The van der Waals surface area contributed by atoms with E-state index in [1.54, 1.807) is 30.3 Å². The molecule has 29 heavy (non-hydrogen) atoms. The molecule has 4 rings (SSSR count). The molecule has 2 aromatic carbocycles. The summed E-state index contributed by atoms with van der Waals surface area (Å²) in [5.74, 6) is -0.295. The summed E-state index contributed by atoms with van der Waals surface area (Å²) < 4.78 is 5.79. The fourth-order valence-electron chi connectivity index (χ4n) is 2.71. The second-order valence-corrected chi connectivity index (χ2v) is 6.68. The molecule has 144 valence electrons. The molecule has 1 aliphatic heterocycles. The average Bonchev–Trinajstić information content (AvgIpc) is 2.72. The molecule has 0 saturated carbocycles. The van der Waals surface area contributed by atoms with Crippen molar-refractivity contribution in [2.24, 2.45) is 5.10 Å². The highest BCUT2D eigenvalue weighted by Crippen LogP contribution is 2.40. The molecule has 11 heteroatoms. The fourth-order valence-corrected chi connectivity index (χ4v) is 3.26. The lowest BCUT2D eigenvalue weighted by molar-refractivity contribution is -0.115. The first-order valence-corrected chi connectivity index (χ1v) is 8.92. The van der Waals surface area contributed by atoms with Gasteiger partial charge in [-0.05, 0) is 24.3 Å². The van der Waals surface area contributed by atoms with E-state index in [0.717, 1.165) is 0 Å². The topological polar surface area (TPSA) is 123 Å². The van der Waals surface area contributed by atoms with E-state index in [1.165, 1.54) is 17.1 Å². The van der Waals surface area contributed by atoms with Crippen LogP contribution >= 0.6 is 23.2 Å². The monoisotopic (exact) mass is 428 g/mol. The van der Waals surface area contributed by atoms with Gasteiger partial charge in [-0.15, -0.1) is 5.10 Å². The van der Waals surface area contributed by atoms with E-state index in [4.69, 9.17) is 33.2 Å². The van der Waals surface area contributed by atoms with Gasteiger partial charge in [0.05, 0.1) is 26.5 Å². The molecule has 0 bridgehead atoms. The first kappa shape index (κ1) is 18.7. The van der Waals surface area contributed by atoms with Gasteiger partial charge in [0.25, 0.3) is 11.5 Å². The number of aromatic amines is 1. The molecule has 9 nitrogen and oxygen atoms in total. The predicted molar refractivity (Wildman–Crippen MR) is 107 cm³/mol. The number of carbonyl (C=O) groups is 1. The maximum atomic E-state index is 11.9. The van der Waals surface area contributed by atoms with Crippen LogP contribution in [0.5, 0.6) is 11.6 Å². The molecule has 3 aromatic rings. The molecule has 0 saturated heterocycles. The van der Waals surface area contributed by atoms with E-state index in [-0.39, 0.29) is 39.6 Å². The molecular weight excluding hydrogens is 419 g/mol. The molecule has 0 aliphatic carbocycles. The Morgan fingerprint density at radius 3 is 2.52 bits per heavy atom. The van der Waals surface area contributed by atoms with E-state index in [2.05, 4.69) is 20.6 Å². The summed E-state index contributed by atoms with van der Waals surface area (Å²) in [7, 11) is 0. The summed E-state index contributed by atoms with van der Waals surface area (Å²) in [5, 5.41) is 24.3. The van der Waals surface area contributed by atoms with Gasteiger partial charge >= 0.3 is 0 Å². The highest BCUT2D eigenvalue weighted by atomic mass is 35.5. The quantitative estimate of drug-likeness (QED) is 0.660. The van der Waals surface area contributed by atoms with E-state index in [9.17, 15) is 9.59 Å². The Balaban J connectivity index is 1.72. The smallest absolute Gasteiger partial charge is 0.284 e. The van der Waals surface area contributed by atoms with Crippen LogP contribution in [0.4, 0.5) is 5.69 Å². The van der Waals surface area contributed by atoms with Gasteiger partial charge in [0.15, 0.2) is 5.75 Å². The van der Waals surface area contributed by atoms with E-state index in [1.807, 2.05) is 0 Å². The Morgan fingerprint density at radius 1 is 1.14 bits per heavy atom. The first-order chi connectivity index (χ1) is 14.0. The third-order valence-corrected chi connectivity index (χ3v) is 4.63. The summed E-state index contributed by atoms with van der Waals surface area (Å²) in [4.78, 5) is 23.4. The number of amides is 1. The van der Waals surface area contributed by atoms with Crippen LogP contribution < -0.4 is 20.6 Å². The maximum absolute atomic E-state index is 11.9. The van der Waals surface area contributed by atoms with Crippen LogP contribution in [0.1, 0.15) is 0 Å². The second-order valence-electron chi connectivity index (χ2n) is 5.87. The van der Waals surface area contributed by atoms with Gasteiger partial charge in [-0.25, -0.2) is 10.1 Å². The Kier molecular flexibility index (Phi) is 4.80. The minimum atomic E-state index is -0.558. The molecule has 0 radical (unpaired) electrons. The fraction of sp³-hybridized carbons (Fsp3) is 0.0556. The average molecular weight is 429 g/mol. The zero-order chi connectivity index (χ0) is 20.5. The number of rotatable bonds is 3. The van der Waals surface area contributed by atoms with Crippen molar-refractivity contribution in [1.82, 2.24) is 15.5 Å². The van der Waals surface area contributed by atoms with E-state index >= 15 is 0 Å². The van der Waals surface area contributed by atoms with Crippen molar-refractivity contribution in [1.29, 1.82) is 5.26 Å². The van der Waals surface area contributed by atoms with Crippen LogP contribution in [0, 0.1) is 11.3 Å². The zero-order valence-electron chi connectivity index (χ0n) is 14.4. The number of hydrogen-bond acceptors (Lipinski definition) is 7. The molecule has 2 heterocycles. The van der Waals surface area contributed by atoms with Crippen molar-refractivity contribution in [2.45, 2.75) is 0 Å². The van der Waals surface area contributed by atoms with E-state index < -0.39 is 5.91 Å². The molecule has 1 amide bonds. The SMILES string of the molecule is N#CC1=NN(c2cc(Cl)c(Oc3n[nH]c(=O)c4ccccc34)c(Cl)c2)CNC1=O. The number of nitrogens with one attached hydrogen (secondary N) is 2. The van der Waals surface area contributed by atoms with Gasteiger partial charge in [-0.2, -0.15) is 10.4 Å². The number of anilines is 1. The molecule has 1 aliphatic rings. The van der Waals surface area contributed by atoms with Crippen molar-refractivity contribution in [3.63, 3.8) is 0 Å². The Bertz CT molecular complexity index is 1260. The summed E-state index contributed by atoms with van der Waals surface area (Å²) >= 11 is 12.7. The number of nitrogens with zero attached hydrogens (tertiary/aromatic N) is 4. The van der Waals surface area contributed by atoms with Crippen LogP contribution in [0.25, 0.3) is 10.8 Å². The number of hydrogen-bond donors (Lipinski definition) is 2. The lowest BCUT2D eigenvalue weighted by Gasteiger charge is -2.24. The number of halogens is 2. The Hall–Kier alpha value is -3.61. The van der Waals surface area contributed by atoms with Crippen LogP contribution in [0.15, 0.2) is 46.3 Å². The summed E-state index contributed by atoms with van der Waals surface area (Å²) in [5.41, 5.74) is -0.189. The van der Waals surface area contributed by atoms with Gasteiger partial charge in [0.2, 0.25) is 11.6 Å². The number of carbonyl (C=O) groups excluding carboxylic acids is 1. The summed E-state index contributed by atoms with van der Waals surface area (Å²) in [6.45, 7) is 0.0446. The number of nitriles is 1. The molecule has 0 spiro atoms. The third-order valence-electron chi connectivity index (χ3n) is 4.07. The number of aromatic nitrogens is 2. The van der Waals surface area contributed by atoms with Crippen molar-refractivity contribution >= 4 is 51.3 Å². The van der Waals surface area contributed by atoms with Crippen molar-refractivity contribution in [2.75, 3.05) is 11.7 Å². The standard InChI is InChI=1S/C18H10Cl2N6O3/c19-12-5-9(26-8-22-17(28)14(7-21)25-26)6-13(20)15(12)29-18-11-4-2-1-3-10(11)16(27)23-24-18/h1-6H,8H2,(H,22,28)(H,23,27). The molecule has 0 fully saturated rings. The largest absolute Gasteiger partial charge is 0.434 e. The van der Waals surface area contributed by atoms with Crippen molar-refractivity contribution in [3.8, 4) is 17.7 Å². The molecular formula is C18H10Cl2N6O3. The van der Waals surface area contributed by atoms with Gasteiger partial charge in [-0.1, -0.05) is 35.3 Å². The lowest BCUT2D eigenvalue weighted by atomic mass is 10.2. The molecule has 2 N–H and O–H groups in total. The van der Waals surface area contributed by atoms with Crippen LogP contribution in [0.2, 0.25) is 10.0 Å². The van der Waals surface area contributed by atoms with Gasteiger partial charge in [0, 0.05) is 0 Å². The van der Waals surface area contributed by atoms with Crippen LogP contribution in [0.3, 0.4) is 0 Å². The van der Waals surface area contributed by atoms with Gasteiger partial charge in [0.1, 0.15) is 12.7 Å². The first-order valence-electron chi connectivity index (χ1n) is 8.16. The van der Waals surface area contributed by atoms with Crippen LogP contribution in [-0.2, 0) is 4.79 Å². The highest BCUT2D eigenvalue weighted by Gasteiger charge is 2.22. The van der Waals surface area contributed by atoms with Crippen molar-refractivity contribution < 1.29 is 9.53 Å². The lowest BCUT2D eigenvalue weighted by Crippen LogP contribution is -2.44. The number of ether oxygens (including phenoxy) is 1. The maximum Gasteiger partial charge on any atom is 0.284 e. The number of fused-ring (bicyclic) bond motifs is 1. The Morgan fingerprint density at radius 2 is 1.83 bits per heavy atom. The third kappa shape index (κ3) is 3.47. The van der Waals surface area contributed by atoms with E-state index in [0.29, 0.717) is 16.5 Å².